The number of hydrogen-bond acceptors (Lipinski definition) is 1. The number of aryl methyl sites for hydroxylation is 2. The third-order valence-corrected chi connectivity index (χ3v) is 6.53. The Morgan fingerprint density at radius 1 is 1.06 bits per heavy atom. The third kappa shape index (κ3) is 3.63. The van der Waals surface area contributed by atoms with Gasteiger partial charge in [-0.1, -0.05) is 29.8 Å². The monoisotopic (exact) mass is 447 g/mol. The van der Waals surface area contributed by atoms with Crippen LogP contribution < -0.4 is 5.32 Å². The molecule has 162 valence electrons. The van der Waals surface area contributed by atoms with E-state index in [1.807, 2.05) is 55.1 Å². The molecule has 6 heteroatoms. The van der Waals surface area contributed by atoms with Gasteiger partial charge in [0.1, 0.15) is 5.82 Å². The summed E-state index contributed by atoms with van der Waals surface area (Å²) in [6, 6.07) is 17.4. The molecule has 5 rings (SSSR count). The van der Waals surface area contributed by atoms with Crippen LogP contribution in [0.1, 0.15) is 34.0 Å². The number of halogens is 2. The van der Waals surface area contributed by atoms with Crippen LogP contribution >= 0.6 is 11.6 Å². The topological polar surface area (TPSA) is 48.1 Å². The first-order chi connectivity index (χ1) is 15.4. The van der Waals surface area contributed by atoms with Crippen molar-refractivity contribution in [3.63, 3.8) is 0 Å². The fraction of sp³-hybridized carbons (Fsp3) is 0.192. The number of amides is 2. The SMILES string of the molecule is Cc1ccc(NC(=O)N2CCc3c([nH]c4ccc(Cl)cc34)[C@@H]2c2ccc(F)cc2)cc1C. The van der Waals surface area contributed by atoms with Crippen molar-refractivity contribution in [1.29, 1.82) is 0 Å². The minimum atomic E-state index is -0.364. The smallest absolute Gasteiger partial charge is 0.322 e. The van der Waals surface area contributed by atoms with Crippen LogP contribution in [-0.2, 0) is 6.42 Å². The van der Waals surface area contributed by atoms with E-state index in [-0.39, 0.29) is 17.9 Å². The van der Waals surface area contributed by atoms with Crippen LogP contribution in [0.15, 0.2) is 60.7 Å². The highest BCUT2D eigenvalue weighted by Gasteiger charge is 2.34. The lowest BCUT2D eigenvalue weighted by Crippen LogP contribution is -2.43. The number of anilines is 1. The van der Waals surface area contributed by atoms with Crippen molar-refractivity contribution in [2.75, 3.05) is 11.9 Å². The highest BCUT2D eigenvalue weighted by atomic mass is 35.5. The number of hydrogen-bond donors (Lipinski definition) is 2. The molecule has 2 N–H and O–H groups in total. The Hall–Kier alpha value is -3.31. The second kappa shape index (κ2) is 7.99. The van der Waals surface area contributed by atoms with Crippen molar-refractivity contribution in [2.45, 2.75) is 26.3 Å². The van der Waals surface area contributed by atoms with Crippen LogP contribution in [0, 0.1) is 19.7 Å². The maximum atomic E-state index is 13.7. The van der Waals surface area contributed by atoms with Gasteiger partial charge in [-0.25, -0.2) is 9.18 Å². The summed E-state index contributed by atoms with van der Waals surface area (Å²) in [5.41, 5.74) is 6.95. The number of carbonyl (C=O) groups excluding carboxylic acids is 1. The zero-order valence-electron chi connectivity index (χ0n) is 17.9. The van der Waals surface area contributed by atoms with Crippen LogP contribution in [0.25, 0.3) is 10.9 Å². The summed E-state index contributed by atoms with van der Waals surface area (Å²) in [4.78, 5) is 18.7. The zero-order valence-corrected chi connectivity index (χ0v) is 18.6. The number of fused-ring (bicyclic) bond motifs is 3. The summed E-state index contributed by atoms with van der Waals surface area (Å²) in [6.07, 6.45) is 0.702. The number of nitrogens with zero attached hydrogens (tertiary/aromatic N) is 1. The molecule has 2 amide bonds. The molecule has 1 aliphatic heterocycles. The number of H-pyrrole nitrogens is 1. The molecule has 0 spiro atoms. The van der Waals surface area contributed by atoms with Gasteiger partial charge in [0.25, 0.3) is 0 Å². The highest BCUT2D eigenvalue weighted by Crippen LogP contribution is 2.39. The van der Waals surface area contributed by atoms with Crippen molar-refractivity contribution in [1.82, 2.24) is 9.88 Å². The summed E-state index contributed by atoms with van der Waals surface area (Å²) in [6.45, 7) is 4.60. The fourth-order valence-corrected chi connectivity index (χ4v) is 4.66. The minimum Gasteiger partial charge on any atom is -0.356 e. The maximum Gasteiger partial charge on any atom is 0.322 e. The van der Waals surface area contributed by atoms with Gasteiger partial charge < -0.3 is 15.2 Å². The summed E-state index contributed by atoms with van der Waals surface area (Å²) < 4.78 is 13.7. The van der Waals surface area contributed by atoms with Crippen molar-refractivity contribution >= 4 is 34.2 Å². The molecule has 32 heavy (non-hydrogen) atoms. The third-order valence-electron chi connectivity index (χ3n) is 6.29. The van der Waals surface area contributed by atoms with E-state index in [0.717, 1.165) is 39.0 Å². The van der Waals surface area contributed by atoms with Crippen LogP contribution in [0.4, 0.5) is 14.9 Å². The number of aromatic nitrogens is 1. The average Bonchev–Trinajstić information content (AvgIpc) is 3.14. The predicted molar refractivity (Wildman–Crippen MR) is 127 cm³/mol. The summed E-state index contributed by atoms with van der Waals surface area (Å²) >= 11 is 6.25. The molecule has 1 aliphatic rings. The van der Waals surface area contributed by atoms with Gasteiger partial charge in [0.15, 0.2) is 0 Å². The van der Waals surface area contributed by atoms with E-state index < -0.39 is 0 Å². The molecule has 0 fully saturated rings. The van der Waals surface area contributed by atoms with Crippen LogP contribution in [0.3, 0.4) is 0 Å². The minimum absolute atomic E-state index is 0.190. The molecule has 1 atom stereocenters. The Labute approximate surface area is 191 Å². The highest BCUT2D eigenvalue weighted by molar-refractivity contribution is 6.31. The van der Waals surface area contributed by atoms with Gasteiger partial charge in [-0.2, -0.15) is 0 Å². The first kappa shape index (κ1) is 20.6. The molecule has 1 aromatic heterocycles. The Morgan fingerprint density at radius 3 is 2.59 bits per heavy atom. The molecule has 4 aromatic rings. The first-order valence-corrected chi connectivity index (χ1v) is 11.0. The molecule has 0 saturated carbocycles. The zero-order chi connectivity index (χ0) is 22.4. The van der Waals surface area contributed by atoms with E-state index in [1.54, 1.807) is 12.1 Å². The molecule has 0 bridgehead atoms. The lowest BCUT2D eigenvalue weighted by Gasteiger charge is -2.36. The molecule has 0 radical (unpaired) electrons. The Kier molecular flexibility index (Phi) is 5.14. The van der Waals surface area contributed by atoms with Gasteiger partial charge in [-0.3, -0.25) is 0 Å². The molecular weight excluding hydrogens is 425 g/mol. The van der Waals surface area contributed by atoms with E-state index in [4.69, 9.17) is 11.6 Å². The Balaban J connectivity index is 1.57. The average molecular weight is 448 g/mol. The first-order valence-electron chi connectivity index (χ1n) is 10.6. The van der Waals surface area contributed by atoms with E-state index in [9.17, 15) is 9.18 Å². The van der Waals surface area contributed by atoms with E-state index in [2.05, 4.69) is 10.3 Å². The quantitative estimate of drug-likeness (QED) is 0.350. The van der Waals surface area contributed by atoms with E-state index >= 15 is 0 Å². The molecule has 0 unspecified atom stereocenters. The molecule has 0 saturated heterocycles. The van der Waals surface area contributed by atoms with E-state index in [0.29, 0.717) is 18.0 Å². The van der Waals surface area contributed by atoms with Crippen LogP contribution in [-0.4, -0.2) is 22.5 Å². The van der Waals surface area contributed by atoms with Gasteiger partial charge in [0, 0.05) is 33.9 Å². The van der Waals surface area contributed by atoms with Gasteiger partial charge >= 0.3 is 6.03 Å². The molecule has 2 heterocycles. The standard InChI is InChI=1S/C26H23ClFN3O/c1-15-3-9-20(13-16(15)2)29-26(32)31-12-11-21-22-14-18(27)6-10-23(22)30-24(21)25(31)17-4-7-19(28)8-5-17/h3-10,13-14,25,30H,11-12H2,1-2H3,(H,29,32)/t25-/m0/s1. The van der Waals surface area contributed by atoms with Crippen LogP contribution in [0.2, 0.25) is 5.02 Å². The fourth-order valence-electron chi connectivity index (χ4n) is 4.49. The normalized spacial score (nSPS) is 15.6. The summed E-state index contributed by atoms with van der Waals surface area (Å²) in [5.74, 6) is -0.306. The number of urea groups is 1. The Bertz CT molecular complexity index is 1330. The molecule has 3 aromatic carbocycles. The van der Waals surface area contributed by atoms with Crippen LogP contribution in [0.5, 0.6) is 0 Å². The number of benzene rings is 3. The van der Waals surface area contributed by atoms with Crippen molar-refractivity contribution in [2.24, 2.45) is 0 Å². The van der Waals surface area contributed by atoms with Crippen molar-refractivity contribution in [3.8, 4) is 0 Å². The van der Waals surface area contributed by atoms with E-state index in [1.165, 1.54) is 17.7 Å². The summed E-state index contributed by atoms with van der Waals surface area (Å²) in [7, 11) is 0. The van der Waals surface area contributed by atoms with Gasteiger partial charge in [-0.15, -0.1) is 0 Å². The number of aromatic amines is 1. The lowest BCUT2D eigenvalue weighted by atomic mass is 9.92. The van der Waals surface area contributed by atoms with Gasteiger partial charge in [0.2, 0.25) is 0 Å². The summed E-state index contributed by atoms with van der Waals surface area (Å²) in [5, 5.41) is 4.78. The lowest BCUT2D eigenvalue weighted by molar-refractivity contribution is 0.193. The van der Waals surface area contributed by atoms with Crippen molar-refractivity contribution < 1.29 is 9.18 Å². The van der Waals surface area contributed by atoms with Crippen molar-refractivity contribution in [3.05, 3.63) is 99.5 Å². The van der Waals surface area contributed by atoms with Gasteiger partial charge in [-0.05, 0) is 85.0 Å². The van der Waals surface area contributed by atoms with Gasteiger partial charge in [0.05, 0.1) is 6.04 Å². The Morgan fingerprint density at radius 2 is 1.84 bits per heavy atom. The number of nitrogens with one attached hydrogen (secondary N) is 2. The molecule has 4 nitrogen and oxygen atoms in total. The second-order valence-electron chi connectivity index (χ2n) is 8.33. The predicted octanol–water partition coefficient (Wildman–Crippen LogP) is 6.76. The number of rotatable bonds is 2. The number of carbonyl (C=O) groups is 1. The largest absolute Gasteiger partial charge is 0.356 e. The molecule has 0 aliphatic carbocycles. The molecular formula is C26H23ClFN3O. The second-order valence-corrected chi connectivity index (χ2v) is 8.77. The maximum absolute atomic E-state index is 13.7.